The number of amides is 1. The third-order valence-electron chi connectivity index (χ3n) is 4.15. The first-order chi connectivity index (χ1) is 14.1. The molecule has 152 valence electrons. The number of carbonyl (C=O) groups excluding carboxylic acids is 2. The van der Waals surface area contributed by atoms with Crippen LogP contribution in [0.25, 0.3) is 10.1 Å². The molecular weight excluding hydrogens is 390 g/mol. The maximum absolute atomic E-state index is 12.6. The van der Waals surface area contributed by atoms with Crippen molar-refractivity contribution < 1.29 is 23.8 Å². The molecule has 0 aliphatic heterocycles. The number of ether oxygens (including phenoxy) is 3. The van der Waals surface area contributed by atoms with Gasteiger partial charge in [0.15, 0.2) is 10.6 Å². The highest BCUT2D eigenvalue weighted by molar-refractivity contribution is 7.21. The molecule has 0 atom stereocenters. The average molecular weight is 413 g/mol. The van der Waals surface area contributed by atoms with E-state index < -0.39 is 5.97 Å². The highest BCUT2D eigenvalue weighted by atomic mass is 32.1. The van der Waals surface area contributed by atoms with Gasteiger partial charge in [-0.3, -0.25) is 4.79 Å². The number of nitrogens with one attached hydrogen (secondary N) is 1. The number of hydrogen-bond donors (Lipinski definition) is 1. The Morgan fingerprint density at radius 1 is 1.03 bits per heavy atom. The lowest BCUT2D eigenvalue weighted by molar-refractivity contribution is 0.0602. The number of esters is 1. The number of anilines is 1. The second-order valence-electron chi connectivity index (χ2n) is 6.22. The predicted molar refractivity (Wildman–Crippen MR) is 115 cm³/mol. The van der Waals surface area contributed by atoms with Gasteiger partial charge in [-0.05, 0) is 55.8 Å². The van der Waals surface area contributed by atoms with Gasteiger partial charge in [-0.2, -0.15) is 0 Å². The smallest absolute Gasteiger partial charge is 0.351 e. The SMILES string of the molecule is CCCOc1c(C(=O)OC)sc2ccc(NC(=O)c3ccc(OCC)cc3)cc12. The van der Waals surface area contributed by atoms with E-state index in [1.165, 1.54) is 18.4 Å². The second-order valence-corrected chi connectivity index (χ2v) is 7.28. The Hall–Kier alpha value is -3.06. The Morgan fingerprint density at radius 2 is 1.79 bits per heavy atom. The van der Waals surface area contributed by atoms with Gasteiger partial charge < -0.3 is 19.5 Å². The van der Waals surface area contributed by atoms with Crippen molar-refractivity contribution in [1.29, 1.82) is 0 Å². The Balaban J connectivity index is 1.87. The summed E-state index contributed by atoms with van der Waals surface area (Å²) in [5, 5.41) is 3.66. The van der Waals surface area contributed by atoms with Crippen LogP contribution in [0.2, 0.25) is 0 Å². The molecule has 0 aliphatic carbocycles. The lowest BCUT2D eigenvalue weighted by Gasteiger charge is -2.08. The Morgan fingerprint density at radius 3 is 2.45 bits per heavy atom. The van der Waals surface area contributed by atoms with E-state index in [9.17, 15) is 9.59 Å². The molecule has 0 aliphatic rings. The third kappa shape index (κ3) is 4.68. The number of methoxy groups -OCH3 is 1. The lowest BCUT2D eigenvalue weighted by Crippen LogP contribution is -2.11. The molecule has 1 N–H and O–H groups in total. The quantitative estimate of drug-likeness (QED) is 0.519. The van der Waals surface area contributed by atoms with E-state index in [1.807, 2.05) is 26.0 Å². The lowest BCUT2D eigenvalue weighted by atomic mass is 10.1. The monoisotopic (exact) mass is 413 g/mol. The van der Waals surface area contributed by atoms with Crippen molar-refractivity contribution in [2.45, 2.75) is 20.3 Å². The minimum atomic E-state index is -0.433. The highest BCUT2D eigenvalue weighted by Gasteiger charge is 2.21. The zero-order valence-corrected chi connectivity index (χ0v) is 17.4. The van der Waals surface area contributed by atoms with Crippen molar-refractivity contribution in [3.05, 3.63) is 52.9 Å². The minimum absolute atomic E-state index is 0.230. The van der Waals surface area contributed by atoms with E-state index >= 15 is 0 Å². The highest BCUT2D eigenvalue weighted by Crippen LogP contribution is 2.39. The summed E-state index contributed by atoms with van der Waals surface area (Å²) in [5.41, 5.74) is 1.14. The van der Waals surface area contributed by atoms with Crippen LogP contribution in [0.1, 0.15) is 40.3 Å². The summed E-state index contributed by atoms with van der Waals surface area (Å²) >= 11 is 1.31. The van der Waals surface area contributed by atoms with E-state index in [-0.39, 0.29) is 5.91 Å². The van der Waals surface area contributed by atoms with Gasteiger partial charge in [-0.15, -0.1) is 11.3 Å². The molecule has 0 fully saturated rings. The number of thiophene rings is 1. The van der Waals surface area contributed by atoms with Crippen molar-refractivity contribution >= 4 is 39.0 Å². The van der Waals surface area contributed by atoms with Crippen molar-refractivity contribution in [3.8, 4) is 11.5 Å². The summed E-state index contributed by atoms with van der Waals surface area (Å²) in [6.45, 7) is 4.96. The Kier molecular flexibility index (Phi) is 6.72. The molecular formula is C22H23NO5S. The number of fused-ring (bicyclic) bond motifs is 1. The summed E-state index contributed by atoms with van der Waals surface area (Å²) in [4.78, 5) is 25.1. The van der Waals surface area contributed by atoms with Gasteiger partial charge in [-0.1, -0.05) is 6.92 Å². The topological polar surface area (TPSA) is 73.9 Å². The normalized spacial score (nSPS) is 10.6. The van der Waals surface area contributed by atoms with Gasteiger partial charge in [0.05, 0.1) is 20.3 Å². The van der Waals surface area contributed by atoms with E-state index in [2.05, 4.69) is 5.32 Å². The van der Waals surface area contributed by atoms with Gasteiger partial charge >= 0.3 is 5.97 Å². The zero-order chi connectivity index (χ0) is 20.8. The predicted octanol–water partition coefficient (Wildman–Crippen LogP) is 5.13. The van der Waals surface area contributed by atoms with Gasteiger partial charge in [0, 0.05) is 21.3 Å². The first kappa shape index (κ1) is 20.7. The maximum Gasteiger partial charge on any atom is 0.351 e. The van der Waals surface area contributed by atoms with Crippen molar-refractivity contribution in [3.63, 3.8) is 0 Å². The van der Waals surface area contributed by atoms with E-state index in [0.29, 0.717) is 35.1 Å². The summed E-state index contributed by atoms with van der Waals surface area (Å²) in [6.07, 6.45) is 0.812. The molecule has 0 radical (unpaired) electrons. The number of rotatable bonds is 8. The molecule has 3 rings (SSSR count). The molecule has 2 aromatic carbocycles. The van der Waals surface area contributed by atoms with Crippen LogP contribution in [0.4, 0.5) is 5.69 Å². The summed E-state index contributed by atoms with van der Waals surface area (Å²) in [7, 11) is 1.35. The Bertz CT molecular complexity index is 1010. The molecule has 3 aromatic rings. The van der Waals surface area contributed by atoms with Crippen molar-refractivity contribution in [2.75, 3.05) is 25.6 Å². The number of carbonyl (C=O) groups is 2. The van der Waals surface area contributed by atoms with Crippen LogP contribution in [-0.2, 0) is 4.74 Å². The molecule has 7 heteroatoms. The van der Waals surface area contributed by atoms with Crippen molar-refractivity contribution in [2.24, 2.45) is 0 Å². The summed E-state index contributed by atoms with van der Waals surface area (Å²) in [5.74, 6) is 0.553. The fourth-order valence-corrected chi connectivity index (χ4v) is 3.85. The van der Waals surface area contributed by atoms with Gasteiger partial charge in [0.2, 0.25) is 0 Å². The van der Waals surface area contributed by atoms with Gasteiger partial charge in [0.25, 0.3) is 5.91 Å². The van der Waals surface area contributed by atoms with Crippen LogP contribution in [0.5, 0.6) is 11.5 Å². The van der Waals surface area contributed by atoms with Crippen LogP contribution in [0, 0.1) is 0 Å². The van der Waals surface area contributed by atoms with Crippen LogP contribution in [0.3, 0.4) is 0 Å². The largest absolute Gasteiger partial charge is 0.494 e. The molecule has 0 saturated carbocycles. The molecule has 0 saturated heterocycles. The second kappa shape index (κ2) is 9.43. The zero-order valence-electron chi connectivity index (χ0n) is 16.6. The first-order valence-corrected chi connectivity index (χ1v) is 10.2. The average Bonchev–Trinajstić information content (AvgIpc) is 3.10. The van der Waals surface area contributed by atoms with Crippen molar-refractivity contribution in [1.82, 2.24) is 0 Å². The first-order valence-electron chi connectivity index (χ1n) is 9.39. The summed E-state index contributed by atoms with van der Waals surface area (Å²) in [6, 6.07) is 12.4. The van der Waals surface area contributed by atoms with Crippen LogP contribution >= 0.6 is 11.3 Å². The molecule has 1 amide bonds. The molecule has 29 heavy (non-hydrogen) atoms. The fraction of sp³-hybridized carbons (Fsp3) is 0.273. The third-order valence-corrected chi connectivity index (χ3v) is 5.28. The molecule has 0 spiro atoms. The number of hydrogen-bond acceptors (Lipinski definition) is 6. The fourth-order valence-electron chi connectivity index (χ4n) is 2.80. The van der Waals surface area contributed by atoms with E-state index in [1.54, 1.807) is 30.3 Å². The minimum Gasteiger partial charge on any atom is -0.494 e. The maximum atomic E-state index is 12.6. The van der Waals surface area contributed by atoms with Crippen LogP contribution in [0.15, 0.2) is 42.5 Å². The molecule has 1 heterocycles. The van der Waals surface area contributed by atoms with Crippen LogP contribution < -0.4 is 14.8 Å². The van der Waals surface area contributed by atoms with E-state index in [4.69, 9.17) is 14.2 Å². The molecule has 0 bridgehead atoms. The van der Waals surface area contributed by atoms with Gasteiger partial charge in [0.1, 0.15) is 5.75 Å². The Labute approximate surface area is 173 Å². The number of benzene rings is 2. The van der Waals surface area contributed by atoms with E-state index in [0.717, 1.165) is 22.3 Å². The van der Waals surface area contributed by atoms with Crippen LogP contribution in [-0.4, -0.2) is 32.2 Å². The molecule has 1 aromatic heterocycles. The van der Waals surface area contributed by atoms with Gasteiger partial charge in [-0.25, -0.2) is 4.79 Å². The summed E-state index contributed by atoms with van der Waals surface area (Å²) < 4.78 is 17.0. The standard InChI is InChI=1S/C22H23NO5S/c1-4-12-28-19-17-13-15(8-11-18(17)29-20(19)22(25)26-3)23-21(24)14-6-9-16(10-7-14)27-5-2/h6-11,13H,4-5,12H2,1-3H3,(H,23,24). The molecule has 6 nitrogen and oxygen atoms in total. The molecule has 0 unspecified atom stereocenters.